The molecule has 1 aliphatic rings. The van der Waals surface area contributed by atoms with Gasteiger partial charge in [-0.25, -0.2) is 0 Å². The minimum absolute atomic E-state index is 0.376. The van der Waals surface area contributed by atoms with E-state index in [0.717, 1.165) is 19.3 Å². The first kappa shape index (κ1) is 10.9. The van der Waals surface area contributed by atoms with Crippen LogP contribution in [0.15, 0.2) is 35.9 Å². The highest BCUT2D eigenvalue weighted by molar-refractivity contribution is 14.1. The lowest BCUT2D eigenvalue weighted by molar-refractivity contribution is -0.118. The van der Waals surface area contributed by atoms with E-state index >= 15 is 0 Å². The summed E-state index contributed by atoms with van der Waals surface area (Å²) in [6, 6.07) is 8.59. The molecule has 0 radical (unpaired) electrons. The molecule has 0 saturated carbocycles. The quantitative estimate of drug-likeness (QED) is 0.603. The van der Waals surface area contributed by atoms with Crippen molar-refractivity contribution in [2.75, 3.05) is 0 Å². The van der Waals surface area contributed by atoms with Gasteiger partial charge >= 0.3 is 0 Å². The van der Waals surface area contributed by atoms with E-state index < -0.39 is 0 Å². The highest BCUT2D eigenvalue weighted by atomic mass is 127. The molecule has 0 atom stereocenters. The van der Waals surface area contributed by atoms with Gasteiger partial charge in [0.15, 0.2) is 0 Å². The molecule has 0 aromatic heterocycles. The van der Waals surface area contributed by atoms with Crippen LogP contribution in [0.25, 0.3) is 0 Å². The Hall–Kier alpha value is -0.640. The van der Waals surface area contributed by atoms with Gasteiger partial charge in [-0.2, -0.15) is 0 Å². The van der Waals surface area contributed by atoms with Crippen LogP contribution in [0.4, 0.5) is 0 Å². The summed E-state index contributed by atoms with van der Waals surface area (Å²) in [5.74, 6) is 0.376. The summed E-state index contributed by atoms with van der Waals surface area (Å²) < 4.78 is 1.27. The number of carbonyl (C=O) groups is 1. The maximum Gasteiger partial charge on any atom is 0.136 e. The number of hydrogen-bond acceptors (Lipinski definition) is 1. The molecule has 78 valence electrons. The summed E-state index contributed by atoms with van der Waals surface area (Å²) in [6.45, 7) is 0. The minimum atomic E-state index is 0.376. The van der Waals surface area contributed by atoms with Gasteiger partial charge in [0.1, 0.15) is 5.78 Å². The van der Waals surface area contributed by atoms with Crippen molar-refractivity contribution < 1.29 is 4.79 Å². The van der Waals surface area contributed by atoms with Crippen molar-refractivity contribution in [2.24, 2.45) is 0 Å². The molecule has 15 heavy (non-hydrogen) atoms. The van der Waals surface area contributed by atoms with E-state index in [2.05, 4.69) is 52.9 Å². The standard InChI is InChI=1S/C13H13IO/c14-12-5-1-10(2-6-12)9-11-3-7-13(15)8-4-11/h1-3,5-6H,4,7-9H2. The molecule has 1 aromatic rings. The topological polar surface area (TPSA) is 17.1 Å². The molecule has 0 fully saturated rings. The first-order valence-electron chi connectivity index (χ1n) is 5.18. The third kappa shape index (κ3) is 3.16. The lowest BCUT2D eigenvalue weighted by atomic mass is 9.93. The van der Waals surface area contributed by atoms with E-state index in [-0.39, 0.29) is 0 Å². The molecule has 0 unspecified atom stereocenters. The normalized spacial score (nSPS) is 16.3. The Morgan fingerprint density at radius 1 is 1.13 bits per heavy atom. The second-order valence-corrected chi connectivity index (χ2v) is 5.15. The molecule has 1 aliphatic carbocycles. The van der Waals surface area contributed by atoms with Gasteiger partial charge in [0, 0.05) is 16.4 Å². The van der Waals surface area contributed by atoms with E-state index in [9.17, 15) is 4.79 Å². The van der Waals surface area contributed by atoms with Crippen molar-refractivity contribution in [3.63, 3.8) is 0 Å². The minimum Gasteiger partial charge on any atom is -0.299 e. The highest BCUT2D eigenvalue weighted by Crippen LogP contribution is 2.19. The average Bonchev–Trinajstić information content (AvgIpc) is 2.25. The van der Waals surface area contributed by atoms with Crippen LogP contribution in [-0.2, 0) is 11.2 Å². The Bertz CT molecular complexity index is 390. The van der Waals surface area contributed by atoms with Crippen LogP contribution in [-0.4, -0.2) is 5.78 Å². The molecule has 2 rings (SSSR count). The number of benzene rings is 1. The first-order valence-corrected chi connectivity index (χ1v) is 6.26. The Morgan fingerprint density at radius 3 is 2.47 bits per heavy atom. The molecular formula is C13H13IO. The fourth-order valence-corrected chi connectivity index (χ4v) is 2.15. The van der Waals surface area contributed by atoms with Crippen LogP contribution in [0.2, 0.25) is 0 Å². The van der Waals surface area contributed by atoms with Gasteiger partial charge in [0.2, 0.25) is 0 Å². The molecule has 0 spiro atoms. The lowest BCUT2D eigenvalue weighted by Crippen LogP contribution is -2.05. The largest absolute Gasteiger partial charge is 0.299 e. The summed E-state index contributed by atoms with van der Waals surface area (Å²) in [5.41, 5.74) is 2.76. The van der Waals surface area contributed by atoms with Gasteiger partial charge in [-0.3, -0.25) is 4.79 Å². The molecule has 0 N–H and O–H groups in total. The Balaban J connectivity index is 2.03. The summed E-state index contributed by atoms with van der Waals surface area (Å²) in [6.07, 6.45) is 5.43. The van der Waals surface area contributed by atoms with Crippen molar-refractivity contribution in [2.45, 2.75) is 25.7 Å². The fraction of sp³-hybridized carbons (Fsp3) is 0.308. The van der Waals surface area contributed by atoms with Crippen molar-refractivity contribution in [1.82, 2.24) is 0 Å². The van der Waals surface area contributed by atoms with Gasteiger partial charge in [0.25, 0.3) is 0 Å². The Labute approximate surface area is 104 Å². The summed E-state index contributed by atoms with van der Waals surface area (Å²) >= 11 is 2.31. The third-order valence-electron chi connectivity index (χ3n) is 2.69. The zero-order valence-electron chi connectivity index (χ0n) is 8.50. The second-order valence-electron chi connectivity index (χ2n) is 3.91. The number of halogens is 1. The van der Waals surface area contributed by atoms with Crippen LogP contribution < -0.4 is 0 Å². The molecule has 1 nitrogen and oxygen atoms in total. The predicted octanol–water partition coefficient (Wildman–Crippen LogP) is 3.51. The van der Waals surface area contributed by atoms with E-state index in [0.29, 0.717) is 12.2 Å². The van der Waals surface area contributed by atoms with Crippen LogP contribution in [0.1, 0.15) is 24.8 Å². The first-order chi connectivity index (χ1) is 7.24. The summed E-state index contributed by atoms with van der Waals surface area (Å²) in [5, 5.41) is 0. The van der Waals surface area contributed by atoms with Crippen LogP contribution >= 0.6 is 22.6 Å². The second kappa shape index (κ2) is 4.92. The van der Waals surface area contributed by atoms with Crippen LogP contribution in [0.3, 0.4) is 0 Å². The smallest absolute Gasteiger partial charge is 0.136 e. The molecule has 0 aliphatic heterocycles. The summed E-state index contributed by atoms with van der Waals surface area (Å²) in [7, 11) is 0. The maximum atomic E-state index is 11.1. The van der Waals surface area contributed by atoms with Crippen LogP contribution in [0, 0.1) is 3.57 Å². The molecule has 0 heterocycles. The monoisotopic (exact) mass is 312 g/mol. The zero-order valence-corrected chi connectivity index (χ0v) is 10.7. The molecule has 2 heteroatoms. The van der Waals surface area contributed by atoms with Crippen molar-refractivity contribution in [3.8, 4) is 0 Å². The number of Topliss-reactive ketones (excluding diaryl/α,β-unsaturated/α-hetero) is 1. The number of allylic oxidation sites excluding steroid dienone is 2. The number of carbonyl (C=O) groups excluding carboxylic acids is 1. The zero-order chi connectivity index (χ0) is 10.7. The lowest BCUT2D eigenvalue weighted by Gasteiger charge is -2.11. The molecule has 0 saturated heterocycles. The van der Waals surface area contributed by atoms with Crippen molar-refractivity contribution >= 4 is 28.4 Å². The molecular weight excluding hydrogens is 299 g/mol. The van der Waals surface area contributed by atoms with Crippen LogP contribution in [0.5, 0.6) is 0 Å². The highest BCUT2D eigenvalue weighted by Gasteiger charge is 2.10. The average molecular weight is 312 g/mol. The van der Waals surface area contributed by atoms with E-state index in [1.165, 1.54) is 14.7 Å². The fourth-order valence-electron chi connectivity index (χ4n) is 1.79. The van der Waals surface area contributed by atoms with Crippen molar-refractivity contribution in [1.29, 1.82) is 0 Å². The third-order valence-corrected chi connectivity index (χ3v) is 3.41. The maximum absolute atomic E-state index is 11.1. The molecule has 0 amide bonds. The Kier molecular flexibility index (Phi) is 3.57. The van der Waals surface area contributed by atoms with E-state index in [4.69, 9.17) is 0 Å². The van der Waals surface area contributed by atoms with Gasteiger partial charge < -0.3 is 0 Å². The van der Waals surface area contributed by atoms with E-state index in [1.807, 2.05) is 0 Å². The van der Waals surface area contributed by atoms with Gasteiger partial charge in [-0.15, -0.1) is 0 Å². The number of ketones is 1. The SMILES string of the molecule is O=C1CC=C(Cc2ccc(I)cc2)CC1. The number of rotatable bonds is 2. The number of hydrogen-bond donors (Lipinski definition) is 0. The summed E-state index contributed by atoms with van der Waals surface area (Å²) in [4.78, 5) is 11.1. The van der Waals surface area contributed by atoms with Gasteiger partial charge in [-0.1, -0.05) is 23.8 Å². The molecule has 0 bridgehead atoms. The van der Waals surface area contributed by atoms with E-state index in [1.54, 1.807) is 0 Å². The van der Waals surface area contributed by atoms with Gasteiger partial charge in [0.05, 0.1) is 0 Å². The van der Waals surface area contributed by atoms with Crippen molar-refractivity contribution in [3.05, 3.63) is 45.0 Å². The molecule has 1 aromatic carbocycles. The van der Waals surface area contributed by atoms with Gasteiger partial charge in [-0.05, 0) is 53.1 Å². The predicted molar refractivity (Wildman–Crippen MR) is 69.8 cm³/mol. The Morgan fingerprint density at radius 2 is 1.87 bits per heavy atom.